The van der Waals surface area contributed by atoms with E-state index in [0.29, 0.717) is 19.1 Å². The lowest BCUT2D eigenvalue weighted by Crippen LogP contribution is -2.53. The minimum Gasteiger partial charge on any atom is -0.378 e. The summed E-state index contributed by atoms with van der Waals surface area (Å²) in [5, 5.41) is 6.43. The van der Waals surface area contributed by atoms with E-state index in [2.05, 4.69) is 34.9 Å². The molecule has 2 N–H and O–H groups in total. The fraction of sp³-hybridized carbons (Fsp3) is 0.562. The van der Waals surface area contributed by atoms with Gasteiger partial charge in [0, 0.05) is 18.5 Å². The van der Waals surface area contributed by atoms with Crippen LogP contribution in [0.1, 0.15) is 30.7 Å². The van der Waals surface area contributed by atoms with Crippen LogP contribution in [0.5, 0.6) is 0 Å². The Morgan fingerprint density at radius 2 is 2.10 bits per heavy atom. The summed E-state index contributed by atoms with van der Waals surface area (Å²) in [6.07, 6.45) is 3.40. The number of rotatable bonds is 3. The van der Waals surface area contributed by atoms with Crippen LogP contribution >= 0.6 is 0 Å². The molecule has 1 aliphatic heterocycles. The molecule has 108 valence electrons. The number of carbonyl (C=O) groups is 1. The second kappa shape index (κ2) is 6.37. The maximum absolute atomic E-state index is 12.3. The van der Waals surface area contributed by atoms with Crippen LogP contribution in [0.15, 0.2) is 30.3 Å². The van der Waals surface area contributed by atoms with Gasteiger partial charge in [0.15, 0.2) is 0 Å². The third-order valence-electron chi connectivity index (χ3n) is 4.31. The smallest absolute Gasteiger partial charge is 0.239 e. The molecule has 4 nitrogen and oxygen atoms in total. The summed E-state index contributed by atoms with van der Waals surface area (Å²) < 4.78 is 5.36. The molecule has 3 unspecified atom stereocenters. The SMILES string of the molecule is O=C(NC1CCCC1c1ccccc1)C1COCCN1. The highest BCUT2D eigenvalue weighted by Crippen LogP contribution is 2.34. The van der Waals surface area contributed by atoms with Gasteiger partial charge in [0.25, 0.3) is 0 Å². The summed E-state index contributed by atoms with van der Waals surface area (Å²) >= 11 is 0. The summed E-state index contributed by atoms with van der Waals surface area (Å²) in [5.41, 5.74) is 1.34. The summed E-state index contributed by atoms with van der Waals surface area (Å²) in [5.74, 6) is 0.530. The molecule has 3 rings (SSSR count). The molecule has 4 heteroatoms. The van der Waals surface area contributed by atoms with Gasteiger partial charge in [-0.1, -0.05) is 36.8 Å². The molecular weight excluding hydrogens is 252 g/mol. The van der Waals surface area contributed by atoms with Crippen molar-refractivity contribution in [2.45, 2.75) is 37.3 Å². The Morgan fingerprint density at radius 1 is 1.25 bits per heavy atom. The molecule has 3 atom stereocenters. The average molecular weight is 274 g/mol. The Balaban J connectivity index is 1.62. The van der Waals surface area contributed by atoms with E-state index in [1.54, 1.807) is 0 Å². The fourth-order valence-corrected chi connectivity index (χ4v) is 3.25. The fourth-order valence-electron chi connectivity index (χ4n) is 3.25. The van der Waals surface area contributed by atoms with E-state index in [4.69, 9.17) is 4.74 Å². The van der Waals surface area contributed by atoms with Gasteiger partial charge in [-0.3, -0.25) is 4.79 Å². The van der Waals surface area contributed by atoms with Gasteiger partial charge in [-0.2, -0.15) is 0 Å². The monoisotopic (exact) mass is 274 g/mol. The molecule has 20 heavy (non-hydrogen) atoms. The van der Waals surface area contributed by atoms with Crippen molar-refractivity contribution in [3.8, 4) is 0 Å². The zero-order valence-corrected chi connectivity index (χ0v) is 11.7. The highest BCUT2D eigenvalue weighted by atomic mass is 16.5. The van der Waals surface area contributed by atoms with E-state index in [-0.39, 0.29) is 18.0 Å². The number of hydrogen-bond acceptors (Lipinski definition) is 3. The molecule has 1 heterocycles. The number of nitrogens with one attached hydrogen (secondary N) is 2. The quantitative estimate of drug-likeness (QED) is 0.876. The van der Waals surface area contributed by atoms with Crippen LogP contribution in [0.25, 0.3) is 0 Å². The molecule has 1 saturated heterocycles. The molecule has 2 aliphatic rings. The largest absolute Gasteiger partial charge is 0.378 e. The zero-order chi connectivity index (χ0) is 13.8. The van der Waals surface area contributed by atoms with Crippen LogP contribution < -0.4 is 10.6 Å². The zero-order valence-electron chi connectivity index (χ0n) is 11.7. The van der Waals surface area contributed by atoms with Crippen LogP contribution in [-0.2, 0) is 9.53 Å². The molecular formula is C16H22N2O2. The minimum atomic E-state index is -0.194. The molecule has 1 aromatic carbocycles. The van der Waals surface area contributed by atoms with Gasteiger partial charge in [0.05, 0.1) is 13.2 Å². The lowest BCUT2D eigenvalue weighted by atomic mass is 9.94. The van der Waals surface area contributed by atoms with E-state index in [1.807, 2.05) is 6.07 Å². The van der Waals surface area contributed by atoms with Crippen LogP contribution in [0.3, 0.4) is 0 Å². The normalized spacial score (nSPS) is 30.1. The van der Waals surface area contributed by atoms with E-state index < -0.39 is 0 Å². The van der Waals surface area contributed by atoms with Gasteiger partial charge in [-0.15, -0.1) is 0 Å². The number of benzene rings is 1. The average Bonchev–Trinajstić information content (AvgIpc) is 2.97. The van der Waals surface area contributed by atoms with E-state index in [9.17, 15) is 4.79 Å². The Morgan fingerprint density at radius 3 is 2.85 bits per heavy atom. The van der Waals surface area contributed by atoms with Crippen molar-refractivity contribution < 1.29 is 9.53 Å². The van der Waals surface area contributed by atoms with Crippen molar-refractivity contribution in [2.24, 2.45) is 0 Å². The lowest BCUT2D eigenvalue weighted by molar-refractivity contribution is -0.126. The first-order valence-electron chi connectivity index (χ1n) is 7.51. The van der Waals surface area contributed by atoms with Crippen LogP contribution in [0, 0.1) is 0 Å². The second-order valence-corrected chi connectivity index (χ2v) is 5.64. The highest BCUT2D eigenvalue weighted by molar-refractivity contribution is 5.82. The number of morpholine rings is 1. The summed E-state index contributed by atoms with van der Waals surface area (Å²) in [6.45, 7) is 1.93. The molecule has 0 aromatic heterocycles. The van der Waals surface area contributed by atoms with Gasteiger partial charge in [-0.05, 0) is 18.4 Å². The molecule has 2 fully saturated rings. The first-order valence-corrected chi connectivity index (χ1v) is 7.51. The Kier molecular flexibility index (Phi) is 4.33. The lowest BCUT2D eigenvalue weighted by Gasteiger charge is -2.27. The Labute approximate surface area is 119 Å². The molecule has 1 aliphatic carbocycles. The molecule has 1 saturated carbocycles. The Hall–Kier alpha value is -1.39. The number of carbonyl (C=O) groups excluding carboxylic acids is 1. The van der Waals surface area contributed by atoms with Crippen molar-refractivity contribution in [3.05, 3.63) is 35.9 Å². The van der Waals surface area contributed by atoms with Crippen LogP contribution in [-0.4, -0.2) is 37.7 Å². The topological polar surface area (TPSA) is 50.4 Å². The third kappa shape index (κ3) is 3.02. The third-order valence-corrected chi connectivity index (χ3v) is 4.31. The Bertz CT molecular complexity index is 443. The van der Waals surface area contributed by atoms with E-state index >= 15 is 0 Å². The van der Waals surface area contributed by atoms with Gasteiger partial charge in [0.1, 0.15) is 6.04 Å². The molecule has 1 amide bonds. The standard InChI is InChI=1S/C16H22N2O2/c19-16(15-11-20-10-9-17-15)18-14-8-4-7-13(14)12-5-2-1-3-6-12/h1-3,5-6,13-15,17H,4,7-11H2,(H,18,19). The predicted octanol–water partition coefficient (Wildman–Crippen LogP) is 1.43. The molecule has 0 bridgehead atoms. The highest BCUT2D eigenvalue weighted by Gasteiger charge is 2.31. The summed E-state index contributed by atoms with van der Waals surface area (Å²) in [4.78, 5) is 12.3. The second-order valence-electron chi connectivity index (χ2n) is 5.64. The van der Waals surface area contributed by atoms with Crippen molar-refractivity contribution in [1.82, 2.24) is 10.6 Å². The maximum Gasteiger partial charge on any atom is 0.239 e. The minimum absolute atomic E-state index is 0.0810. The van der Waals surface area contributed by atoms with Crippen molar-refractivity contribution in [1.29, 1.82) is 0 Å². The van der Waals surface area contributed by atoms with Gasteiger partial charge in [-0.25, -0.2) is 0 Å². The van der Waals surface area contributed by atoms with Gasteiger partial charge in [0.2, 0.25) is 5.91 Å². The predicted molar refractivity (Wildman–Crippen MR) is 77.6 cm³/mol. The summed E-state index contributed by atoms with van der Waals surface area (Å²) in [6, 6.07) is 10.6. The van der Waals surface area contributed by atoms with Crippen molar-refractivity contribution in [2.75, 3.05) is 19.8 Å². The van der Waals surface area contributed by atoms with Gasteiger partial charge < -0.3 is 15.4 Å². The van der Waals surface area contributed by atoms with Crippen molar-refractivity contribution in [3.63, 3.8) is 0 Å². The first-order chi connectivity index (χ1) is 9.84. The molecule has 0 radical (unpaired) electrons. The molecule has 0 spiro atoms. The first kappa shape index (κ1) is 13.6. The number of hydrogen-bond donors (Lipinski definition) is 2. The summed E-state index contributed by atoms with van der Waals surface area (Å²) in [7, 11) is 0. The van der Waals surface area contributed by atoms with E-state index in [0.717, 1.165) is 19.4 Å². The number of ether oxygens (including phenoxy) is 1. The maximum atomic E-state index is 12.3. The number of amides is 1. The van der Waals surface area contributed by atoms with E-state index in [1.165, 1.54) is 12.0 Å². The molecule has 1 aromatic rings. The van der Waals surface area contributed by atoms with Crippen LogP contribution in [0.2, 0.25) is 0 Å². The van der Waals surface area contributed by atoms with Crippen LogP contribution in [0.4, 0.5) is 0 Å². The van der Waals surface area contributed by atoms with Crippen molar-refractivity contribution >= 4 is 5.91 Å². The van der Waals surface area contributed by atoms with Gasteiger partial charge >= 0.3 is 0 Å².